The van der Waals surface area contributed by atoms with E-state index in [0.717, 1.165) is 12.8 Å². The van der Waals surface area contributed by atoms with Crippen LogP contribution in [0.25, 0.3) is 5.69 Å². The number of tetrazole rings is 1. The predicted octanol–water partition coefficient (Wildman–Crippen LogP) is 1.04. The van der Waals surface area contributed by atoms with E-state index in [1.165, 1.54) is 11.0 Å². The highest BCUT2D eigenvalue weighted by molar-refractivity contribution is 5.97. The zero-order valence-corrected chi connectivity index (χ0v) is 12.1. The SMILES string of the molecule is CCCCC(NC(=O)c1cccc(-n2cnnn2)c1)C(=O)O. The molecule has 1 aromatic heterocycles. The molecule has 1 aromatic carbocycles. The molecule has 0 bridgehead atoms. The van der Waals surface area contributed by atoms with Crippen LogP contribution in [-0.4, -0.2) is 43.2 Å². The Morgan fingerprint density at radius 2 is 2.23 bits per heavy atom. The van der Waals surface area contributed by atoms with Crippen molar-refractivity contribution in [2.24, 2.45) is 0 Å². The van der Waals surface area contributed by atoms with E-state index in [1.54, 1.807) is 24.3 Å². The van der Waals surface area contributed by atoms with Crippen LogP contribution in [0.5, 0.6) is 0 Å². The molecule has 0 spiro atoms. The summed E-state index contributed by atoms with van der Waals surface area (Å²) >= 11 is 0. The molecule has 1 atom stereocenters. The molecule has 2 rings (SSSR count). The molecular formula is C14H17N5O3. The van der Waals surface area contributed by atoms with E-state index in [-0.39, 0.29) is 0 Å². The first-order valence-corrected chi connectivity index (χ1v) is 6.99. The molecule has 8 heteroatoms. The number of carboxylic acid groups (broad SMARTS) is 1. The second-order valence-corrected chi connectivity index (χ2v) is 4.81. The summed E-state index contributed by atoms with van der Waals surface area (Å²) < 4.78 is 1.42. The molecule has 116 valence electrons. The van der Waals surface area contributed by atoms with Gasteiger partial charge in [0, 0.05) is 5.56 Å². The molecule has 2 N–H and O–H groups in total. The van der Waals surface area contributed by atoms with Gasteiger partial charge in [0.2, 0.25) is 0 Å². The third-order valence-corrected chi connectivity index (χ3v) is 3.17. The predicted molar refractivity (Wildman–Crippen MR) is 77.6 cm³/mol. The van der Waals surface area contributed by atoms with Crippen LogP contribution >= 0.6 is 0 Å². The fraction of sp³-hybridized carbons (Fsp3) is 0.357. The molecule has 1 amide bonds. The van der Waals surface area contributed by atoms with Gasteiger partial charge in [0.1, 0.15) is 12.4 Å². The lowest BCUT2D eigenvalue weighted by Gasteiger charge is -2.14. The van der Waals surface area contributed by atoms with Crippen molar-refractivity contribution in [1.82, 2.24) is 25.5 Å². The van der Waals surface area contributed by atoms with Gasteiger partial charge < -0.3 is 10.4 Å². The minimum Gasteiger partial charge on any atom is -0.480 e. The Bertz CT molecular complexity index is 642. The highest BCUT2D eigenvalue weighted by Gasteiger charge is 2.20. The number of carboxylic acids is 1. The van der Waals surface area contributed by atoms with E-state index in [0.29, 0.717) is 17.7 Å². The first kappa shape index (κ1) is 15.6. The third-order valence-electron chi connectivity index (χ3n) is 3.17. The quantitative estimate of drug-likeness (QED) is 0.790. The smallest absolute Gasteiger partial charge is 0.326 e. The van der Waals surface area contributed by atoms with Gasteiger partial charge in [-0.3, -0.25) is 4.79 Å². The Hall–Kier alpha value is -2.77. The molecule has 0 fully saturated rings. The van der Waals surface area contributed by atoms with Gasteiger partial charge in [-0.2, -0.15) is 0 Å². The summed E-state index contributed by atoms with van der Waals surface area (Å²) in [5.41, 5.74) is 0.980. The lowest BCUT2D eigenvalue weighted by molar-refractivity contribution is -0.139. The van der Waals surface area contributed by atoms with Crippen LogP contribution in [0.3, 0.4) is 0 Å². The lowest BCUT2D eigenvalue weighted by Crippen LogP contribution is -2.40. The van der Waals surface area contributed by atoms with Crippen molar-refractivity contribution in [1.29, 1.82) is 0 Å². The second kappa shape index (κ2) is 7.30. The maximum Gasteiger partial charge on any atom is 0.326 e. The Morgan fingerprint density at radius 3 is 2.86 bits per heavy atom. The standard InChI is InChI=1S/C14H17N5O3/c1-2-3-7-12(14(21)22)16-13(20)10-5-4-6-11(8-10)19-9-15-17-18-19/h4-6,8-9,12H,2-3,7H2,1H3,(H,16,20)(H,21,22). The molecule has 2 aromatic rings. The first-order valence-electron chi connectivity index (χ1n) is 6.99. The number of benzene rings is 1. The van der Waals surface area contributed by atoms with Crippen LogP contribution in [0.1, 0.15) is 36.5 Å². The number of unbranched alkanes of at least 4 members (excludes halogenated alkanes) is 1. The highest BCUT2D eigenvalue weighted by atomic mass is 16.4. The van der Waals surface area contributed by atoms with Gasteiger partial charge in [-0.15, -0.1) is 5.10 Å². The Morgan fingerprint density at radius 1 is 1.41 bits per heavy atom. The summed E-state index contributed by atoms with van der Waals surface area (Å²) in [5, 5.41) is 22.5. The number of aromatic nitrogens is 4. The average molecular weight is 303 g/mol. The normalized spacial score (nSPS) is 11.9. The van der Waals surface area contributed by atoms with Crippen LogP contribution in [0.15, 0.2) is 30.6 Å². The topological polar surface area (TPSA) is 110 Å². The number of carbonyl (C=O) groups is 2. The summed E-state index contributed by atoms with van der Waals surface area (Å²) in [6, 6.07) is 5.77. The van der Waals surface area contributed by atoms with Crippen LogP contribution in [0, 0.1) is 0 Å². The molecule has 0 aliphatic heterocycles. The van der Waals surface area contributed by atoms with Crippen LogP contribution in [0.2, 0.25) is 0 Å². The molecule has 0 radical (unpaired) electrons. The largest absolute Gasteiger partial charge is 0.480 e. The Labute approximate surface area is 127 Å². The number of amides is 1. The Balaban J connectivity index is 2.12. The van der Waals surface area contributed by atoms with Gasteiger partial charge in [-0.1, -0.05) is 25.8 Å². The average Bonchev–Trinajstić information content (AvgIpc) is 3.05. The van der Waals surface area contributed by atoms with Crippen molar-refractivity contribution in [2.75, 3.05) is 0 Å². The minimum atomic E-state index is -1.03. The number of nitrogens with zero attached hydrogens (tertiary/aromatic N) is 4. The summed E-state index contributed by atoms with van der Waals surface area (Å²) in [6.07, 6.45) is 3.43. The minimum absolute atomic E-state index is 0.357. The second-order valence-electron chi connectivity index (χ2n) is 4.81. The van der Waals surface area contributed by atoms with Crippen molar-refractivity contribution in [3.05, 3.63) is 36.2 Å². The highest BCUT2D eigenvalue weighted by Crippen LogP contribution is 2.10. The van der Waals surface area contributed by atoms with Crippen molar-refractivity contribution in [2.45, 2.75) is 32.2 Å². The zero-order valence-electron chi connectivity index (χ0n) is 12.1. The molecular weight excluding hydrogens is 286 g/mol. The van der Waals surface area contributed by atoms with Crippen LogP contribution < -0.4 is 5.32 Å². The van der Waals surface area contributed by atoms with Gasteiger partial charge in [-0.05, 0) is 35.0 Å². The molecule has 0 aliphatic rings. The van der Waals surface area contributed by atoms with E-state index >= 15 is 0 Å². The van der Waals surface area contributed by atoms with Crippen molar-refractivity contribution >= 4 is 11.9 Å². The van der Waals surface area contributed by atoms with Crippen molar-refractivity contribution in [3.63, 3.8) is 0 Å². The van der Waals surface area contributed by atoms with E-state index in [4.69, 9.17) is 5.11 Å². The number of nitrogens with one attached hydrogen (secondary N) is 1. The Kier molecular flexibility index (Phi) is 5.18. The van der Waals surface area contributed by atoms with Gasteiger partial charge in [0.05, 0.1) is 5.69 Å². The van der Waals surface area contributed by atoms with Gasteiger partial charge in [0.25, 0.3) is 5.91 Å². The van der Waals surface area contributed by atoms with Gasteiger partial charge in [0.15, 0.2) is 0 Å². The van der Waals surface area contributed by atoms with Crippen LogP contribution in [0.4, 0.5) is 0 Å². The van der Waals surface area contributed by atoms with Crippen molar-refractivity contribution < 1.29 is 14.7 Å². The lowest BCUT2D eigenvalue weighted by atomic mass is 10.1. The summed E-state index contributed by atoms with van der Waals surface area (Å²) in [4.78, 5) is 23.4. The zero-order chi connectivity index (χ0) is 15.9. The first-order chi connectivity index (χ1) is 10.6. The number of hydrogen-bond acceptors (Lipinski definition) is 5. The molecule has 0 aliphatic carbocycles. The van der Waals surface area contributed by atoms with E-state index in [9.17, 15) is 9.59 Å². The summed E-state index contributed by atoms with van der Waals surface area (Å²) in [5.74, 6) is -1.46. The molecule has 0 saturated carbocycles. The van der Waals surface area contributed by atoms with E-state index < -0.39 is 17.9 Å². The summed E-state index contributed by atoms with van der Waals surface area (Å²) in [7, 11) is 0. The molecule has 22 heavy (non-hydrogen) atoms. The number of hydrogen-bond donors (Lipinski definition) is 2. The van der Waals surface area contributed by atoms with Crippen molar-refractivity contribution in [3.8, 4) is 5.69 Å². The fourth-order valence-electron chi connectivity index (χ4n) is 1.98. The number of rotatable bonds is 7. The monoisotopic (exact) mass is 303 g/mol. The van der Waals surface area contributed by atoms with Gasteiger partial charge in [-0.25, -0.2) is 9.48 Å². The third kappa shape index (κ3) is 3.87. The fourth-order valence-corrected chi connectivity index (χ4v) is 1.98. The molecule has 0 saturated heterocycles. The summed E-state index contributed by atoms with van der Waals surface area (Å²) in [6.45, 7) is 1.97. The number of aliphatic carboxylic acids is 1. The maximum atomic E-state index is 12.2. The van der Waals surface area contributed by atoms with Gasteiger partial charge >= 0.3 is 5.97 Å². The number of carbonyl (C=O) groups excluding carboxylic acids is 1. The van der Waals surface area contributed by atoms with Crippen LogP contribution in [-0.2, 0) is 4.79 Å². The molecule has 1 heterocycles. The molecule has 8 nitrogen and oxygen atoms in total. The maximum absolute atomic E-state index is 12.2. The molecule has 1 unspecified atom stereocenters. The van der Waals surface area contributed by atoms with E-state index in [1.807, 2.05) is 6.92 Å². The van der Waals surface area contributed by atoms with E-state index in [2.05, 4.69) is 20.8 Å².